The zero-order valence-corrected chi connectivity index (χ0v) is 32.5. The van der Waals surface area contributed by atoms with Gasteiger partial charge in [0.2, 0.25) is 47.3 Å². The quantitative estimate of drug-likeness (QED) is 0.0193. The highest BCUT2D eigenvalue weighted by molar-refractivity contribution is 6.05. The molecule has 55 heavy (non-hydrogen) atoms. The highest BCUT2D eigenvalue weighted by Crippen LogP contribution is 2.19. The molecule has 1 aliphatic rings. The van der Waals surface area contributed by atoms with E-state index in [0.717, 1.165) is 0 Å². The first-order valence-corrected chi connectivity index (χ1v) is 18.2. The average Bonchev–Trinajstić information content (AvgIpc) is 3.61. The van der Waals surface area contributed by atoms with E-state index in [9.17, 15) is 38.4 Å². The lowest BCUT2D eigenvalue weighted by molar-refractivity contribution is -0.143. The monoisotopic (exact) mass is 779 g/mol. The van der Waals surface area contributed by atoms with Gasteiger partial charge in [0.1, 0.15) is 29.6 Å². The van der Waals surface area contributed by atoms with E-state index in [-0.39, 0.29) is 63.6 Å². The summed E-state index contributed by atoms with van der Waals surface area (Å²) < 4.78 is 0. The third kappa shape index (κ3) is 16.5. The van der Waals surface area contributed by atoms with Crippen molar-refractivity contribution in [1.82, 2.24) is 36.8 Å². The molecular weight excluding hydrogens is 718 g/mol. The summed E-state index contributed by atoms with van der Waals surface area (Å²) in [5.41, 5.74) is 26.1. The summed E-state index contributed by atoms with van der Waals surface area (Å²) in [6.45, 7) is 6.37. The predicted octanol–water partition coefficient (Wildman–Crippen LogP) is -4.05. The number of hydrogen-bond acceptors (Lipinski definition) is 11. The van der Waals surface area contributed by atoms with Gasteiger partial charge in [0, 0.05) is 51.4 Å². The van der Waals surface area contributed by atoms with Crippen molar-refractivity contribution in [3.8, 4) is 0 Å². The molecule has 1 heterocycles. The molecule has 0 bridgehead atoms. The van der Waals surface area contributed by atoms with Crippen LogP contribution in [-0.4, -0.2) is 116 Å². The average molecular weight is 780 g/mol. The third-order valence-electron chi connectivity index (χ3n) is 8.87. The molecular formula is C34H61N13O8. The highest BCUT2D eigenvalue weighted by Gasteiger charge is 2.39. The van der Waals surface area contributed by atoms with Crippen LogP contribution in [0.25, 0.3) is 0 Å². The summed E-state index contributed by atoms with van der Waals surface area (Å²) in [7, 11) is 1.67. The Balaban J connectivity index is 3.03. The van der Waals surface area contributed by atoms with Gasteiger partial charge in [-0.15, -0.1) is 0 Å². The van der Waals surface area contributed by atoms with E-state index in [1.807, 2.05) is 13.8 Å². The summed E-state index contributed by atoms with van der Waals surface area (Å²) in [5, 5.41) is 15.7. The fraction of sp³-hybridized carbons (Fsp3) is 0.676. The number of nitrogens with one attached hydrogen (secondary N) is 6. The van der Waals surface area contributed by atoms with E-state index in [1.165, 1.54) is 24.9 Å². The Kier molecular flexibility index (Phi) is 20.0. The van der Waals surface area contributed by atoms with E-state index in [1.54, 1.807) is 7.05 Å². The molecule has 0 radical (unpaired) electrons. The number of rotatable bonds is 24. The number of nitrogens with zero attached hydrogens (tertiary/aromatic N) is 2. The van der Waals surface area contributed by atoms with Gasteiger partial charge in [-0.1, -0.05) is 13.8 Å². The van der Waals surface area contributed by atoms with Crippen LogP contribution in [0.15, 0.2) is 16.9 Å². The fourth-order valence-electron chi connectivity index (χ4n) is 5.58. The normalized spacial score (nSPS) is 15.9. The Morgan fingerprint density at radius 3 is 2.07 bits per heavy atom. The minimum atomic E-state index is -1.64. The second-order valence-electron chi connectivity index (χ2n) is 14.2. The van der Waals surface area contributed by atoms with Crippen LogP contribution in [0, 0.1) is 11.3 Å². The van der Waals surface area contributed by atoms with E-state index < -0.39 is 83.4 Å². The van der Waals surface area contributed by atoms with E-state index in [2.05, 4.69) is 36.9 Å². The molecule has 16 N–H and O–H groups in total. The van der Waals surface area contributed by atoms with Gasteiger partial charge in [0.05, 0.1) is 6.54 Å². The smallest absolute Gasteiger partial charge is 0.243 e. The molecule has 21 heteroatoms. The first-order chi connectivity index (χ1) is 25.7. The first kappa shape index (κ1) is 47.4. The van der Waals surface area contributed by atoms with Gasteiger partial charge in [-0.05, 0) is 58.3 Å². The lowest BCUT2D eigenvalue weighted by Gasteiger charge is -2.28. The fourth-order valence-corrected chi connectivity index (χ4v) is 5.58. The van der Waals surface area contributed by atoms with Gasteiger partial charge in [-0.2, -0.15) is 0 Å². The molecule has 21 nitrogen and oxygen atoms in total. The zero-order chi connectivity index (χ0) is 41.9. The molecule has 0 aromatic heterocycles. The summed E-state index contributed by atoms with van der Waals surface area (Å²) in [6, 6.07) is -4.43. The van der Waals surface area contributed by atoms with Crippen LogP contribution in [-0.2, 0) is 38.4 Å². The molecule has 1 fully saturated rings. The van der Waals surface area contributed by atoms with E-state index in [0.29, 0.717) is 25.0 Å². The van der Waals surface area contributed by atoms with Crippen LogP contribution in [0.5, 0.6) is 0 Å². The Labute approximate surface area is 321 Å². The van der Waals surface area contributed by atoms with Crippen molar-refractivity contribution >= 4 is 53.2 Å². The third-order valence-corrected chi connectivity index (χ3v) is 8.87. The summed E-state index contributed by atoms with van der Waals surface area (Å²) >= 11 is 0. The second kappa shape index (κ2) is 23.2. The van der Waals surface area contributed by atoms with Crippen molar-refractivity contribution < 1.29 is 38.4 Å². The van der Waals surface area contributed by atoms with Crippen LogP contribution in [0.1, 0.15) is 79.1 Å². The van der Waals surface area contributed by atoms with Crippen molar-refractivity contribution in [3.63, 3.8) is 0 Å². The molecule has 1 saturated heterocycles. The van der Waals surface area contributed by atoms with Gasteiger partial charge in [0.25, 0.3) is 0 Å². The van der Waals surface area contributed by atoms with Crippen LogP contribution in [0.4, 0.5) is 0 Å². The molecule has 0 aromatic rings. The number of carbonyl (C=O) groups is 8. The molecule has 0 saturated carbocycles. The molecule has 0 aromatic carbocycles. The zero-order valence-electron chi connectivity index (χ0n) is 32.5. The maximum Gasteiger partial charge on any atom is 0.243 e. The number of guanidine groups is 1. The molecule has 1 rings (SSSR count). The van der Waals surface area contributed by atoms with Gasteiger partial charge in [-0.25, -0.2) is 0 Å². The van der Waals surface area contributed by atoms with Gasteiger partial charge in [-0.3, -0.25) is 43.3 Å². The predicted molar refractivity (Wildman–Crippen MR) is 203 cm³/mol. The van der Waals surface area contributed by atoms with Crippen LogP contribution in [0.3, 0.4) is 0 Å². The van der Waals surface area contributed by atoms with Crippen molar-refractivity contribution in [1.29, 1.82) is 0 Å². The Bertz CT molecular complexity index is 1450. The van der Waals surface area contributed by atoms with E-state index in [4.69, 9.17) is 28.7 Å². The number of nitrogens with two attached hydrogens (primary N) is 5. The van der Waals surface area contributed by atoms with Crippen LogP contribution in [0.2, 0.25) is 0 Å². The van der Waals surface area contributed by atoms with Gasteiger partial charge >= 0.3 is 0 Å². The molecule has 3 unspecified atom stereocenters. The standard InChI is InChI=1S/C34H61N13O8/c1-19(2)16-23(27(37)50)45-29(52)21(8-6-13-42-33(38)39)44-30(53)24-9-7-15-47(24)26(49)18-43-28(51)22(10-11-25(36)48)46-32(55)34(3,4)31(54)41-14-12-20(17-35)40-5/h17,19,21-24,40H,6-16,18,35H2,1-5H3,(H2,36,48)(H2,37,50)(H,41,54)(H,43,51)(H,44,53)(H,45,52)(H,46,55)(H4,38,39,42)/b20-17-/t21?,22?,23?,24-/m0/s1. The molecule has 0 aliphatic carbocycles. The summed E-state index contributed by atoms with van der Waals surface area (Å²) in [4.78, 5) is 108. The lowest BCUT2D eigenvalue weighted by Crippen LogP contribution is -2.57. The number of likely N-dealkylation sites (tertiary alicyclic amines) is 1. The second-order valence-corrected chi connectivity index (χ2v) is 14.2. The molecule has 4 atom stereocenters. The minimum Gasteiger partial charge on any atom is -0.403 e. The van der Waals surface area contributed by atoms with Crippen molar-refractivity contribution in [2.75, 3.05) is 33.2 Å². The highest BCUT2D eigenvalue weighted by atomic mass is 16.2. The number of amides is 8. The summed E-state index contributed by atoms with van der Waals surface area (Å²) in [5.74, 6) is -5.77. The van der Waals surface area contributed by atoms with Crippen molar-refractivity contribution in [2.24, 2.45) is 45.0 Å². The van der Waals surface area contributed by atoms with E-state index >= 15 is 0 Å². The summed E-state index contributed by atoms with van der Waals surface area (Å²) in [6.07, 6.45) is 2.59. The first-order valence-electron chi connectivity index (χ1n) is 18.2. The SMILES string of the molecule is CN/C(=C\N)CCNC(=O)C(C)(C)C(=O)NC(CCC(N)=O)C(=O)NCC(=O)N1CCC[C@H]1C(=O)NC(CCCN=C(N)N)C(=O)NC(CC(C)C)C(N)=O. The lowest BCUT2D eigenvalue weighted by atomic mass is 9.90. The molecule has 0 spiro atoms. The Morgan fingerprint density at radius 1 is 0.855 bits per heavy atom. The topological polar surface area (TPSA) is 354 Å². The number of aliphatic imine (C=N–C) groups is 1. The van der Waals surface area contributed by atoms with Crippen molar-refractivity contribution in [2.45, 2.75) is 103 Å². The van der Waals surface area contributed by atoms with Gasteiger partial charge < -0.3 is 65.5 Å². The largest absolute Gasteiger partial charge is 0.403 e. The van der Waals surface area contributed by atoms with Gasteiger partial charge in [0.15, 0.2) is 5.96 Å². The van der Waals surface area contributed by atoms with Crippen LogP contribution >= 0.6 is 0 Å². The number of hydrogen-bond donors (Lipinski definition) is 11. The maximum atomic E-state index is 13.5. The molecule has 1 aliphatic heterocycles. The molecule has 310 valence electrons. The van der Waals surface area contributed by atoms with Crippen molar-refractivity contribution in [3.05, 3.63) is 11.9 Å². The number of primary amides is 2. The minimum absolute atomic E-state index is 0.0290. The number of carbonyl (C=O) groups excluding carboxylic acids is 8. The maximum absolute atomic E-state index is 13.5. The van der Waals surface area contributed by atoms with Crippen LogP contribution < -0.4 is 60.6 Å². The molecule has 8 amide bonds. The Hall–Kier alpha value is -5.63. The Morgan fingerprint density at radius 2 is 1.51 bits per heavy atom.